The fraction of sp³-hybridized carbons (Fsp3) is 0.273. The Morgan fingerprint density at radius 2 is 1.97 bits per heavy atom. The van der Waals surface area contributed by atoms with Crippen LogP contribution in [-0.2, 0) is 22.7 Å². The van der Waals surface area contributed by atoms with Gasteiger partial charge in [-0.15, -0.1) is 11.3 Å². The molecule has 0 spiro atoms. The number of aromatic nitrogens is 3. The van der Waals surface area contributed by atoms with Gasteiger partial charge in [-0.3, -0.25) is 14.2 Å². The molecule has 0 fully saturated rings. The lowest BCUT2D eigenvalue weighted by molar-refractivity contribution is -0.145. The largest absolute Gasteiger partial charge is 0.459 e. The minimum absolute atomic E-state index is 0.0171. The Hall–Kier alpha value is -3.26. The lowest BCUT2D eigenvalue weighted by Gasteiger charge is -2.06. The van der Waals surface area contributed by atoms with Gasteiger partial charge in [0.2, 0.25) is 5.89 Å². The monoisotopic (exact) mass is 423 g/mol. The number of oxazole rings is 1. The molecule has 3 aromatic heterocycles. The molecular formula is C22H21N3O4S. The molecule has 0 aliphatic heterocycles. The molecular weight excluding hydrogens is 402 g/mol. The van der Waals surface area contributed by atoms with Crippen molar-refractivity contribution >= 4 is 27.5 Å². The third kappa shape index (κ3) is 4.04. The van der Waals surface area contributed by atoms with E-state index in [9.17, 15) is 9.59 Å². The van der Waals surface area contributed by atoms with Gasteiger partial charge < -0.3 is 9.15 Å². The number of esters is 1. The molecule has 0 aliphatic rings. The summed E-state index contributed by atoms with van der Waals surface area (Å²) in [4.78, 5) is 35.3. The highest BCUT2D eigenvalue weighted by Crippen LogP contribution is 2.25. The highest BCUT2D eigenvalue weighted by Gasteiger charge is 2.14. The van der Waals surface area contributed by atoms with E-state index in [-0.39, 0.29) is 25.1 Å². The van der Waals surface area contributed by atoms with Gasteiger partial charge in [0.1, 0.15) is 23.4 Å². The van der Waals surface area contributed by atoms with Crippen molar-refractivity contribution in [1.82, 2.24) is 14.5 Å². The van der Waals surface area contributed by atoms with Crippen molar-refractivity contribution in [2.24, 2.45) is 0 Å². The van der Waals surface area contributed by atoms with Gasteiger partial charge in [0.25, 0.3) is 5.56 Å². The second kappa shape index (κ2) is 8.23. The van der Waals surface area contributed by atoms with E-state index in [0.29, 0.717) is 17.0 Å². The van der Waals surface area contributed by atoms with Gasteiger partial charge in [-0.05, 0) is 38.5 Å². The van der Waals surface area contributed by atoms with E-state index in [2.05, 4.69) is 9.97 Å². The van der Waals surface area contributed by atoms with Crippen LogP contribution in [0.2, 0.25) is 0 Å². The van der Waals surface area contributed by atoms with Crippen molar-refractivity contribution in [3.8, 4) is 11.5 Å². The Bertz CT molecular complexity index is 1270. The first-order valence-corrected chi connectivity index (χ1v) is 10.4. The standard InChI is InChI=1S/C22H21N3O4S/c1-13-4-6-16(7-5-13)20-24-17(11-29-20)10-28-18(26)8-9-25-12-23-21-19(22(25)27)14(2)15(3)30-21/h4-7,11-12H,8-10H2,1-3H3. The molecule has 8 heteroatoms. The van der Waals surface area contributed by atoms with Gasteiger partial charge in [-0.1, -0.05) is 17.7 Å². The fourth-order valence-corrected chi connectivity index (χ4v) is 4.06. The lowest BCUT2D eigenvalue weighted by Crippen LogP contribution is -2.22. The summed E-state index contributed by atoms with van der Waals surface area (Å²) in [6.45, 7) is 6.12. The fourth-order valence-electron chi connectivity index (χ4n) is 3.07. The van der Waals surface area contributed by atoms with Crippen molar-refractivity contribution in [1.29, 1.82) is 0 Å². The zero-order valence-corrected chi connectivity index (χ0v) is 17.8. The zero-order valence-electron chi connectivity index (χ0n) is 17.0. The number of hydrogen-bond acceptors (Lipinski definition) is 7. The minimum Gasteiger partial charge on any atom is -0.459 e. The summed E-state index contributed by atoms with van der Waals surface area (Å²) >= 11 is 1.50. The minimum atomic E-state index is -0.417. The predicted octanol–water partition coefficient (Wildman–Crippen LogP) is 4.17. The molecule has 30 heavy (non-hydrogen) atoms. The normalized spacial score (nSPS) is 11.2. The van der Waals surface area contributed by atoms with Crippen LogP contribution < -0.4 is 5.56 Å². The van der Waals surface area contributed by atoms with E-state index >= 15 is 0 Å². The van der Waals surface area contributed by atoms with Crippen molar-refractivity contribution in [2.45, 2.75) is 40.3 Å². The molecule has 7 nitrogen and oxygen atoms in total. The summed E-state index contributed by atoms with van der Waals surface area (Å²) in [6, 6.07) is 7.81. The second-order valence-electron chi connectivity index (χ2n) is 7.13. The number of carbonyl (C=O) groups is 1. The van der Waals surface area contributed by atoms with Crippen molar-refractivity contribution in [2.75, 3.05) is 0 Å². The quantitative estimate of drug-likeness (QED) is 0.433. The van der Waals surface area contributed by atoms with Crippen LogP contribution in [0.5, 0.6) is 0 Å². The second-order valence-corrected chi connectivity index (χ2v) is 8.33. The number of nitrogens with zero attached hydrogens (tertiary/aromatic N) is 3. The molecule has 0 saturated heterocycles. The molecule has 0 N–H and O–H groups in total. The summed E-state index contributed by atoms with van der Waals surface area (Å²) in [5, 5.41) is 0.625. The number of benzene rings is 1. The number of ether oxygens (including phenoxy) is 1. The Morgan fingerprint density at radius 3 is 2.73 bits per heavy atom. The van der Waals surface area contributed by atoms with E-state index in [1.807, 2.05) is 45.0 Å². The maximum Gasteiger partial charge on any atom is 0.307 e. The van der Waals surface area contributed by atoms with Crippen molar-refractivity contribution in [3.05, 3.63) is 68.9 Å². The molecule has 154 valence electrons. The van der Waals surface area contributed by atoms with Crippen LogP contribution in [0.1, 0.15) is 28.1 Å². The van der Waals surface area contributed by atoms with Crippen LogP contribution >= 0.6 is 11.3 Å². The summed E-state index contributed by atoms with van der Waals surface area (Å²) in [6.07, 6.45) is 3.03. The van der Waals surface area contributed by atoms with Crippen LogP contribution in [-0.4, -0.2) is 20.5 Å². The van der Waals surface area contributed by atoms with E-state index in [1.165, 1.54) is 28.5 Å². The molecule has 3 heterocycles. The first kappa shape index (κ1) is 20.0. The third-order valence-electron chi connectivity index (χ3n) is 4.94. The van der Waals surface area contributed by atoms with Gasteiger partial charge in [-0.2, -0.15) is 0 Å². The number of fused-ring (bicyclic) bond motifs is 1. The average Bonchev–Trinajstić information content (AvgIpc) is 3.31. The highest BCUT2D eigenvalue weighted by atomic mass is 32.1. The summed E-state index contributed by atoms with van der Waals surface area (Å²) in [5.74, 6) is 0.0634. The molecule has 4 aromatic rings. The molecule has 0 amide bonds. The molecule has 0 radical (unpaired) electrons. The first-order valence-electron chi connectivity index (χ1n) is 9.54. The van der Waals surface area contributed by atoms with Crippen LogP contribution in [0.3, 0.4) is 0 Å². The number of thiophene rings is 1. The number of carbonyl (C=O) groups excluding carboxylic acids is 1. The van der Waals surface area contributed by atoms with Gasteiger partial charge in [0.05, 0.1) is 18.1 Å². The predicted molar refractivity (Wildman–Crippen MR) is 114 cm³/mol. The Morgan fingerprint density at radius 1 is 1.20 bits per heavy atom. The summed E-state index contributed by atoms with van der Waals surface area (Å²) < 4.78 is 12.2. The molecule has 1 aromatic carbocycles. The van der Waals surface area contributed by atoms with E-state index < -0.39 is 5.97 Å². The Labute approximate surface area is 177 Å². The third-order valence-corrected chi connectivity index (χ3v) is 6.06. The smallest absolute Gasteiger partial charge is 0.307 e. The SMILES string of the molecule is Cc1ccc(-c2nc(COC(=O)CCn3cnc4sc(C)c(C)c4c3=O)co2)cc1. The maximum atomic E-state index is 12.7. The highest BCUT2D eigenvalue weighted by molar-refractivity contribution is 7.18. The molecule has 0 atom stereocenters. The van der Waals surface area contributed by atoms with Crippen molar-refractivity contribution in [3.63, 3.8) is 0 Å². The number of aryl methyl sites for hydroxylation is 4. The topological polar surface area (TPSA) is 87.2 Å². The van der Waals surface area contributed by atoms with Crippen LogP contribution in [0, 0.1) is 20.8 Å². The molecule has 0 aliphatic carbocycles. The molecule has 0 unspecified atom stereocenters. The van der Waals surface area contributed by atoms with E-state index in [4.69, 9.17) is 9.15 Å². The van der Waals surface area contributed by atoms with Crippen LogP contribution in [0.25, 0.3) is 21.7 Å². The maximum absolute atomic E-state index is 12.7. The molecule has 0 bridgehead atoms. The summed E-state index contributed by atoms with van der Waals surface area (Å²) in [7, 11) is 0. The van der Waals surface area contributed by atoms with Gasteiger partial charge in [-0.25, -0.2) is 9.97 Å². The Balaban J connectivity index is 1.35. The van der Waals surface area contributed by atoms with E-state index in [1.54, 1.807) is 0 Å². The molecule has 0 saturated carbocycles. The van der Waals surface area contributed by atoms with Crippen LogP contribution in [0.15, 0.2) is 46.1 Å². The van der Waals surface area contributed by atoms with Gasteiger partial charge in [0.15, 0.2) is 0 Å². The van der Waals surface area contributed by atoms with Gasteiger partial charge in [0, 0.05) is 17.0 Å². The van der Waals surface area contributed by atoms with Crippen molar-refractivity contribution < 1.29 is 13.9 Å². The Kier molecular flexibility index (Phi) is 5.50. The van der Waals surface area contributed by atoms with Gasteiger partial charge >= 0.3 is 5.97 Å². The first-order chi connectivity index (χ1) is 14.4. The zero-order chi connectivity index (χ0) is 21.3. The average molecular weight is 423 g/mol. The van der Waals surface area contributed by atoms with E-state index in [0.717, 1.165) is 26.4 Å². The number of rotatable bonds is 6. The number of hydrogen-bond donors (Lipinski definition) is 0. The lowest BCUT2D eigenvalue weighted by atomic mass is 10.1. The molecule has 4 rings (SSSR count). The van der Waals surface area contributed by atoms with Crippen LogP contribution in [0.4, 0.5) is 0 Å². The summed E-state index contributed by atoms with van der Waals surface area (Å²) in [5.41, 5.74) is 3.36.